The van der Waals surface area contributed by atoms with Gasteiger partial charge in [0.15, 0.2) is 0 Å². The molecule has 0 N–H and O–H groups in total. The van der Waals surface area contributed by atoms with E-state index in [0.717, 1.165) is 20.0 Å². The van der Waals surface area contributed by atoms with Crippen LogP contribution in [0.2, 0.25) is 0 Å². The van der Waals surface area contributed by atoms with E-state index in [1.807, 2.05) is 0 Å². The zero-order valence-corrected chi connectivity index (χ0v) is 10.5. The lowest BCUT2D eigenvalue weighted by Gasteiger charge is -2.10. The number of esters is 2. The first kappa shape index (κ1) is 13.9. The summed E-state index contributed by atoms with van der Waals surface area (Å²) in [5.74, 6) is -0.531. The first-order valence-corrected chi connectivity index (χ1v) is 6.34. The molecule has 1 saturated heterocycles. The third-order valence-corrected chi connectivity index (χ3v) is 3.70. The summed E-state index contributed by atoms with van der Waals surface area (Å²) in [7, 11) is -1.35. The third-order valence-electron chi connectivity index (χ3n) is 1.99. The molecule has 0 bridgehead atoms. The lowest BCUT2D eigenvalue weighted by molar-refractivity contribution is -0.160. The van der Waals surface area contributed by atoms with Gasteiger partial charge in [0.2, 0.25) is 12.2 Å². The number of carbonyl (C=O) groups is 2. The summed E-state index contributed by atoms with van der Waals surface area (Å²) in [5, 5.41) is 0. The molecular weight excluding hydrogens is 251 g/mol. The molecule has 1 aliphatic heterocycles. The second-order valence-corrected chi connectivity index (χ2v) is 4.92. The van der Waals surface area contributed by atoms with Crippen LogP contribution in [0.25, 0.3) is 0 Å². The van der Waals surface area contributed by atoms with Crippen molar-refractivity contribution in [1.29, 1.82) is 0 Å². The average Bonchev–Trinajstić information content (AvgIpc) is 2.65. The van der Waals surface area contributed by atoms with Crippen LogP contribution in [0, 0.1) is 0 Å². The maximum atomic E-state index is 11.9. The van der Waals surface area contributed by atoms with Crippen LogP contribution in [-0.4, -0.2) is 38.4 Å². The number of ether oxygens (including phenoxy) is 2. The highest BCUT2D eigenvalue weighted by molar-refractivity contribution is 7.57. The van der Waals surface area contributed by atoms with E-state index >= 15 is 0 Å². The molecule has 0 aromatic carbocycles. The molecular formula is C9H13O7P. The van der Waals surface area contributed by atoms with Gasteiger partial charge in [-0.1, -0.05) is 6.08 Å². The molecule has 0 radical (unpaired) electrons. The number of hydrogen-bond acceptors (Lipinski definition) is 7. The highest BCUT2D eigenvalue weighted by atomic mass is 31.2. The molecule has 0 unspecified atom stereocenters. The molecule has 7 nitrogen and oxygen atoms in total. The summed E-state index contributed by atoms with van der Waals surface area (Å²) in [4.78, 5) is 22.7. The molecule has 1 heterocycles. The van der Waals surface area contributed by atoms with Crippen LogP contribution >= 0.6 is 7.60 Å². The summed E-state index contributed by atoms with van der Waals surface area (Å²) in [6.45, 7) is 1.60. The number of hydrogen-bond donors (Lipinski definition) is 0. The Morgan fingerprint density at radius 1 is 1.12 bits per heavy atom. The standard InChI is InChI=1S/C9H13O7P/c1-4-5-17(12)15-6(8(10)13-2)7(16-17)9(11)14-3/h4-7H,1-3H3/t6-,7-/m1/s1. The summed E-state index contributed by atoms with van der Waals surface area (Å²) in [6.07, 6.45) is -1.32. The largest absolute Gasteiger partial charge is 0.467 e. The Labute approximate surface area is 98.2 Å². The fraction of sp³-hybridized carbons (Fsp3) is 0.556. The van der Waals surface area contributed by atoms with Gasteiger partial charge in [0, 0.05) is 5.82 Å². The van der Waals surface area contributed by atoms with Crippen molar-refractivity contribution in [1.82, 2.24) is 0 Å². The van der Waals surface area contributed by atoms with Crippen molar-refractivity contribution < 1.29 is 32.7 Å². The highest BCUT2D eigenvalue weighted by Crippen LogP contribution is 2.58. The molecule has 1 aliphatic rings. The Hall–Kier alpha value is -1.17. The molecule has 0 aromatic rings. The molecule has 0 saturated carbocycles. The predicted molar refractivity (Wildman–Crippen MR) is 56.2 cm³/mol. The van der Waals surface area contributed by atoms with Crippen molar-refractivity contribution in [3.8, 4) is 0 Å². The van der Waals surface area contributed by atoms with Crippen molar-refractivity contribution in [2.45, 2.75) is 19.1 Å². The van der Waals surface area contributed by atoms with Crippen LogP contribution < -0.4 is 0 Å². The van der Waals surface area contributed by atoms with Crippen molar-refractivity contribution in [2.24, 2.45) is 0 Å². The lowest BCUT2D eigenvalue weighted by atomic mass is 10.2. The second kappa shape index (κ2) is 5.44. The number of carbonyl (C=O) groups excluding carboxylic acids is 2. The third kappa shape index (κ3) is 2.94. The van der Waals surface area contributed by atoms with Gasteiger partial charge in [0.05, 0.1) is 14.2 Å². The van der Waals surface area contributed by atoms with Crippen molar-refractivity contribution in [3.05, 3.63) is 11.9 Å². The van der Waals surface area contributed by atoms with Crippen LogP contribution in [0.15, 0.2) is 11.9 Å². The van der Waals surface area contributed by atoms with E-state index < -0.39 is 31.7 Å². The minimum atomic E-state index is -3.60. The van der Waals surface area contributed by atoms with E-state index in [9.17, 15) is 14.2 Å². The minimum Gasteiger partial charge on any atom is -0.467 e. The Morgan fingerprint density at radius 3 is 1.82 bits per heavy atom. The van der Waals surface area contributed by atoms with Gasteiger partial charge in [0.25, 0.3) is 0 Å². The molecule has 8 heteroatoms. The zero-order chi connectivity index (χ0) is 13.1. The van der Waals surface area contributed by atoms with Crippen LogP contribution in [0.3, 0.4) is 0 Å². The summed E-state index contributed by atoms with van der Waals surface area (Å²) >= 11 is 0. The average molecular weight is 264 g/mol. The molecule has 0 spiro atoms. The van der Waals surface area contributed by atoms with Crippen molar-refractivity contribution >= 4 is 19.5 Å². The van der Waals surface area contributed by atoms with Gasteiger partial charge >= 0.3 is 19.5 Å². The van der Waals surface area contributed by atoms with E-state index in [2.05, 4.69) is 9.47 Å². The summed E-state index contributed by atoms with van der Waals surface area (Å²) in [6, 6.07) is 0. The molecule has 17 heavy (non-hydrogen) atoms. The van der Waals surface area contributed by atoms with Gasteiger partial charge < -0.3 is 9.47 Å². The quantitative estimate of drug-likeness (QED) is 0.551. The minimum absolute atomic E-state index is 0.845. The molecule has 0 aromatic heterocycles. The van der Waals surface area contributed by atoms with Gasteiger partial charge in [-0.05, 0) is 6.92 Å². The highest BCUT2D eigenvalue weighted by Gasteiger charge is 2.51. The predicted octanol–water partition coefficient (Wildman–Crippen LogP) is 0.843. The van der Waals surface area contributed by atoms with Crippen LogP contribution in [-0.2, 0) is 32.7 Å². The van der Waals surface area contributed by atoms with E-state index in [0.29, 0.717) is 0 Å². The normalized spacial score (nSPS) is 27.0. The number of rotatable bonds is 3. The van der Waals surface area contributed by atoms with E-state index in [1.54, 1.807) is 6.92 Å². The topological polar surface area (TPSA) is 88.1 Å². The van der Waals surface area contributed by atoms with Gasteiger partial charge in [0.1, 0.15) is 0 Å². The first-order chi connectivity index (χ1) is 7.97. The Kier molecular flexibility index (Phi) is 4.45. The SMILES string of the molecule is CC=CP1(=O)O[C@@H](C(=O)OC)[C@H](C(=O)OC)O1. The van der Waals surface area contributed by atoms with Gasteiger partial charge in [-0.2, -0.15) is 0 Å². The van der Waals surface area contributed by atoms with Crippen molar-refractivity contribution in [3.63, 3.8) is 0 Å². The molecule has 0 aliphatic carbocycles. The summed E-state index contributed by atoms with van der Waals surface area (Å²) < 4.78 is 30.7. The van der Waals surface area contributed by atoms with Crippen molar-refractivity contribution in [2.75, 3.05) is 14.2 Å². The zero-order valence-electron chi connectivity index (χ0n) is 9.61. The van der Waals surface area contributed by atoms with Gasteiger partial charge in [-0.15, -0.1) is 0 Å². The Balaban J connectivity index is 2.98. The van der Waals surface area contributed by atoms with Crippen LogP contribution in [0.5, 0.6) is 0 Å². The van der Waals surface area contributed by atoms with Gasteiger partial charge in [-0.25, -0.2) is 9.59 Å². The molecule has 1 fully saturated rings. The molecule has 2 atom stereocenters. The van der Waals surface area contributed by atoms with E-state index in [1.165, 1.54) is 6.08 Å². The monoisotopic (exact) mass is 264 g/mol. The maximum absolute atomic E-state index is 11.9. The second-order valence-electron chi connectivity index (χ2n) is 3.12. The summed E-state index contributed by atoms with van der Waals surface area (Å²) in [5.41, 5.74) is 0. The maximum Gasteiger partial charge on any atom is 0.355 e. The number of methoxy groups -OCH3 is 2. The van der Waals surface area contributed by atoms with E-state index in [4.69, 9.17) is 9.05 Å². The Bertz CT molecular complexity index is 361. The van der Waals surface area contributed by atoms with Crippen LogP contribution in [0.4, 0.5) is 0 Å². The lowest BCUT2D eigenvalue weighted by Crippen LogP contribution is -2.38. The Morgan fingerprint density at radius 2 is 1.53 bits per heavy atom. The van der Waals surface area contributed by atoms with Crippen LogP contribution in [0.1, 0.15) is 6.92 Å². The van der Waals surface area contributed by atoms with Gasteiger partial charge in [-0.3, -0.25) is 13.6 Å². The molecule has 0 amide bonds. The number of allylic oxidation sites excluding steroid dienone is 1. The first-order valence-electron chi connectivity index (χ1n) is 4.73. The molecule has 1 rings (SSSR count). The molecule has 96 valence electrons. The fourth-order valence-electron chi connectivity index (χ4n) is 1.27. The van der Waals surface area contributed by atoms with E-state index in [-0.39, 0.29) is 0 Å². The fourth-order valence-corrected chi connectivity index (χ4v) is 2.85. The smallest absolute Gasteiger partial charge is 0.355 e.